The third-order valence-corrected chi connectivity index (χ3v) is 5.81. The summed E-state index contributed by atoms with van der Waals surface area (Å²) in [5, 5.41) is 24.4. The summed E-state index contributed by atoms with van der Waals surface area (Å²) in [6, 6.07) is 11.8. The number of benzene rings is 1. The van der Waals surface area contributed by atoms with E-state index in [9.17, 15) is 0 Å². The Labute approximate surface area is 184 Å². The molecule has 0 aliphatic heterocycles. The van der Waals surface area contributed by atoms with E-state index >= 15 is 0 Å². The van der Waals surface area contributed by atoms with Crippen LogP contribution >= 0.6 is 0 Å². The molecule has 0 radical (unpaired) electrons. The minimum absolute atomic E-state index is 0.0211. The van der Waals surface area contributed by atoms with Crippen LogP contribution in [0.15, 0.2) is 53.3 Å². The monoisotopic (exact) mass is 430 g/mol. The summed E-state index contributed by atoms with van der Waals surface area (Å²) in [5.74, 6) is 1.83. The molecule has 32 heavy (non-hydrogen) atoms. The lowest BCUT2D eigenvalue weighted by atomic mass is 9.64. The van der Waals surface area contributed by atoms with Crippen LogP contribution in [0.3, 0.4) is 0 Å². The zero-order valence-electron chi connectivity index (χ0n) is 17.3. The average molecular weight is 430 g/mol. The van der Waals surface area contributed by atoms with Gasteiger partial charge >= 0.3 is 0 Å². The molecule has 4 N–H and O–H groups in total. The first-order valence-electron chi connectivity index (χ1n) is 10.4. The molecule has 3 aromatic heterocycles. The first kappa shape index (κ1) is 20.0. The summed E-state index contributed by atoms with van der Waals surface area (Å²) in [6.07, 6.45) is 6.43. The van der Waals surface area contributed by atoms with E-state index < -0.39 is 0 Å². The number of aliphatic hydroxyl groups is 1. The van der Waals surface area contributed by atoms with Gasteiger partial charge in [0.1, 0.15) is 5.82 Å². The van der Waals surface area contributed by atoms with Gasteiger partial charge in [0.2, 0.25) is 5.95 Å². The Kier molecular flexibility index (Phi) is 5.20. The zero-order chi connectivity index (χ0) is 22.0. The van der Waals surface area contributed by atoms with Gasteiger partial charge in [-0.2, -0.15) is 4.98 Å². The van der Waals surface area contributed by atoms with Crippen molar-refractivity contribution in [1.29, 1.82) is 0 Å². The van der Waals surface area contributed by atoms with E-state index in [-0.39, 0.29) is 18.0 Å². The Hall–Kier alpha value is -3.92. The standard InChI is InChI=1S/C22H22N8O2/c23-21-25-12-15(13-26-21)14-2-4-16(5-3-14)22(8-1-9-22)20-27-19(32-30-20)17-6-7-18(29-28-17)24-10-11-31/h2-7,12-13,31H,1,8-11H2,(H,24,29)(H2,23,25,26). The van der Waals surface area contributed by atoms with Gasteiger partial charge in [0, 0.05) is 24.5 Å². The molecular formula is C22H22N8O2. The Bertz CT molecular complexity index is 1190. The highest BCUT2D eigenvalue weighted by molar-refractivity contribution is 5.63. The summed E-state index contributed by atoms with van der Waals surface area (Å²) >= 11 is 0. The number of rotatable bonds is 7. The van der Waals surface area contributed by atoms with E-state index in [1.54, 1.807) is 24.5 Å². The summed E-state index contributed by atoms with van der Waals surface area (Å²) in [4.78, 5) is 12.8. The van der Waals surface area contributed by atoms with Gasteiger partial charge in [0.05, 0.1) is 12.0 Å². The van der Waals surface area contributed by atoms with Crippen LogP contribution in [0.1, 0.15) is 30.7 Å². The fourth-order valence-corrected chi connectivity index (χ4v) is 3.89. The van der Waals surface area contributed by atoms with Gasteiger partial charge in [-0.3, -0.25) is 0 Å². The number of nitrogens with two attached hydrogens (primary N) is 1. The highest BCUT2D eigenvalue weighted by Crippen LogP contribution is 2.48. The SMILES string of the molecule is Nc1ncc(-c2ccc(C3(c4noc(-c5ccc(NCCO)nn5)n4)CCC3)cc2)cn1. The largest absolute Gasteiger partial charge is 0.395 e. The minimum atomic E-state index is -0.270. The number of hydrogen-bond donors (Lipinski definition) is 3. The van der Waals surface area contributed by atoms with Crippen LogP contribution in [-0.4, -0.2) is 48.6 Å². The Morgan fingerprint density at radius 3 is 2.41 bits per heavy atom. The molecule has 0 amide bonds. The molecule has 0 bridgehead atoms. The number of aliphatic hydroxyl groups excluding tert-OH is 1. The smallest absolute Gasteiger partial charge is 0.278 e. The predicted molar refractivity (Wildman–Crippen MR) is 117 cm³/mol. The van der Waals surface area contributed by atoms with E-state index in [1.807, 2.05) is 0 Å². The molecule has 3 heterocycles. The zero-order valence-corrected chi connectivity index (χ0v) is 17.3. The van der Waals surface area contributed by atoms with Crippen LogP contribution in [-0.2, 0) is 5.41 Å². The maximum Gasteiger partial charge on any atom is 0.278 e. The second-order valence-corrected chi connectivity index (χ2v) is 7.72. The number of anilines is 2. The number of nitrogens with one attached hydrogen (secondary N) is 1. The molecule has 5 rings (SSSR count). The molecule has 1 aliphatic carbocycles. The average Bonchev–Trinajstić information content (AvgIpc) is 3.29. The van der Waals surface area contributed by atoms with E-state index in [1.165, 1.54) is 0 Å². The first-order valence-corrected chi connectivity index (χ1v) is 10.4. The van der Waals surface area contributed by atoms with E-state index in [4.69, 9.17) is 15.4 Å². The van der Waals surface area contributed by atoms with Gasteiger partial charge in [-0.05, 0) is 36.1 Å². The molecule has 0 atom stereocenters. The Balaban J connectivity index is 1.39. The topological polar surface area (TPSA) is 149 Å². The third-order valence-electron chi connectivity index (χ3n) is 5.81. The summed E-state index contributed by atoms with van der Waals surface area (Å²) in [7, 11) is 0. The quantitative estimate of drug-likeness (QED) is 0.399. The molecule has 1 fully saturated rings. The van der Waals surface area contributed by atoms with Gasteiger partial charge in [0.15, 0.2) is 11.5 Å². The van der Waals surface area contributed by atoms with Crippen molar-refractivity contribution in [1.82, 2.24) is 30.3 Å². The lowest BCUT2D eigenvalue weighted by molar-refractivity contribution is 0.273. The molecule has 1 aromatic carbocycles. The number of nitrogen functional groups attached to an aromatic ring is 1. The van der Waals surface area contributed by atoms with Crippen LogP contribution in [0.25, 0.3) is 22.7 Å². The van der Waals surface area contributed by atoms with Crippen LogP contribution in [0.4, 0.5) is 11.8 Å². The molecule has 0 unspecified atom stereocenters. The maximum absolute atomic E-state index is 8.89. The van der Waals surface area contributed by atoms with Gasteiger partial charge < -0.3 is 20.7 Å². The summed E-state index contributed by atoms with van der Waals surface area (Å²) in [6.45, 7) is 0.429. The number of aromatic nitrogens is 6. The van der Waals surface area contributed by atoms with Crippen molar-refractivity contribution in [2.24, 2.45) is 0 Å². The van der Waals surface area contributed by atoms with Crippen LogP contribution in [0, 0.1) is 0 Å². The second-order valence-electron chi connectivity index (χ2n) is 7.72. The normalized spacial score (nSPS) is 14.7. The van der Waals surface area contributed by atoms with E-state index in [0.29, 0.717) is 29.8 Å². The van der Waals surface area contributed by atoms with Crippen molar-refractivity contribution in [3.8, 4) is 22.7 Å². The molecular weight excluding hydrogens is 408 g/mol. The van der Waals surface area contributed by atoms with Crippen molar-refractivity contribution < 1.29 is 9.63 Å². The molecule has 0 saturated heterocycles. The molecule has 4 aromatic rings. The van der Waals surface area contributed by atoms with Crippen LogP contribution in [0.5, 0.6) is 0 Å². The van der Waals surface area contributed by atoms with Crippen molar-refractivity contribution in [3.63, 3.8) is 0 Å². The van der Waals surface area contributed by atoms with E-state index in [2.05, 4.69) is 59.9 Å². The lowest BCUT2D eigenvalue weighted by Gasteiger charge is -2.39. The van der Waals surface area contributed by atoms with Gasteiger partial charge in [-0.1, -0.05) is 35.8 Å². The Morgan fingerprint density at radius 2 is 1.78 bits per heavy atom. The lowest BCUT2D eigenvalue weighted by Crippen LogP contribution is -2.36. The number of hydrogen-bond acceptors (Lipinski definition) is 10. The summed E-state index contributed by atoms with van der Waals surface area (Å²) in [5.41, 5.74) is 8.89. The molecule has 10 nitrogen and oxygen atoms in total. The highest BCUT2D eigenvalue weighted by atomic mass is 16.5. The van der Waals surface area contributed by atoms with Gasteiger partial charge in [0.25, 0.3) is 5.89 Å². The molecule has 1 aliphatic rings. The molecule has 10 heteroatoms. The summed E-state index contributed by atoms with van der Waals surface area (Å²) < 4.78 is 5.53. The predicted octanol–water partition coefficient (Wildman–Crippen LogP) is 2.44. The third kappa shape index (κ3) is 3.65. The fourth-order valence-electron chi connectivity index (χ4n) is 3.89. The molecule has 0 spiro atoms. The fraction of sp³-hybridized carbons (Fsp3) is 0.273. The minimum Gasteiger partial charge on any atom is -0.395 e. The number of nitrogens with zero attached hydrogens (tertiary/aromatic N) is 6. The highest BCUT2D eigenvalue weighted by Gasteiger charge is 2.44. The molecule has 162 valence electrons. The van der Waals surface area contributed by atoms with Crippen LogP contribution < -0.4 is 11.1 Å². The van der Waals surface area contributed by atoms with Crippen molar-refractivity contribution >= 4 is 11.8 Å². The van der Waals surface area contributed by atoms with Gasteiger partial charge in [-0.15, -0.1) is 10.2 Å². The van der Waals surface area contributed by atoms with Crippen molar-refractivity contribution in [2.75, 3.05) is 24.2 Å². The second kappa shape index (κ2) is 8.31. The maximum atomic E-state index is 8.89. The van der Waals surface area contributed by atoms with E-state index in [0.717, 1.165) is 36.0 Å². The van der Waals surface area contributed by atoms with Crippen LogP contribution in [0.2, 0.25) is 0 Å². The van der Waals surface area contributed by atoms with Crippen molar-refractivity contribution in [2.45, 2.75) is 24.7 Å². The first-order chi connectivity index (χ1) is 15.7. The van der Waals surface area contributed by atoms with Crippen molar-refractivity contribution in [3.05, 3.63) is 60.2 Å². The Morgan fingerprint density at radius 1 is 1.00 bits per heavy atom. The van der Waals surface area contributed by atoms with Gasteiger partial charge in [-0.25, -0.2) is 9.97 Å². The molecule has 1 saturated carbocycles.